The van der Waals surface area contributed by atoms with E-state index < -0.39 is 0 Å². The molecule has 0 spiro atoms. The summed E-state index contributed by atoms with van der Waals surface area (Å²) >= 11 is 0. The zero-order chi connectivity index (χ0) is 13.1. The van der Waals surface area contributed by atoms with Gasteiger partial charge in [-0.05, 0) is 25.1 Å². The van der Waals surface area contributed by atoms with Crippen molar-refractivity contribution in [1.82, 2.24) is 20.0 Å². The Kier molecular flexibility index (Phi) is 3.62. The van der Waals surface area contributed by atoms with E-state index in [-0.39, 0.29) is 0 Å². The predicted octanol–water partition coefficient (Wildman–Crippen LogP) is 1.67. The van der Waals surface area contributed by atoms with E-state index in [0.29, 0.717) is 6.04 Å². The molecular formula is C15H20N4. The van der Waals surface area contributed by atoms with Gasteiger partial charge in [-0.25, -0.2) is 4.68 Å². The number of piperazine rings is 1. The Morgan fingerprint density at radius 3 is 2.89 bits per heavy atom. The molecular weight excluding hydrogens is 236 g/mol. The zero-order valence-electron chi connectivity index (χ0n) is 11.3. The van der Waals surface area contributed by atoms with Gasteiger partial charge in [-0.3, -0.25) is 4.90 Å². The van der Waals surface area contributed by atoms with Crippen molar-refractivity contribution >= 4 is 0 Å². The summed E-state index contributed by atoms with van der Waals surface area (Å²) in [5, 5.41) is 8.08. The van der Waals surface area contributed by atoms with E-state index in [4.69, 9.17) is 0 Å². The molecule has 19 heavy (non-hydrogen) atoms. The second-order valence-electron chi connectivity index (χ2n) is 5.11. The molecule has 4 heteroatoms. The number of nitrogens with zero attached hydrogens (tertiary/aromatic N) is 3. The Labute approximate surface area is 114 Å². The van der Waals surface area contributed by atoms with Crippen LogP contribution in [-0.4, -0.2) is 40.4 Å². The predicted molar refractivity (Wildman–Crippen MR) is 76.3 cm³/mol. The second kappa shape index (κ2) is 5.55. The first-order valence-corrected chi connectivity index (χ1v) is 6.88. The van der Waals surface area contributed by atoms with Crippen LogP contribution in [0.2, 0.25) is 0 Å². The van der Waals surface area contributed by atoms with Crippen molar-refractivity contribution in [3.63, 3.8) is 0 Å². The second-order valence-corrected chi connectivity index (χ2v) is 5.11. The molecule has 1 aromatic carbocycles. The Morgan fingerprint density at radius 2 is 2.11 bits per heavy atom. The van der Waals surface area contributed by atoms with E-state index in [1.54, 1.807) is 0 Å². The molecule has 0 amide bonds. The van der Waals surface area contributed by atoms with Crippen LogP contribution >= 0.6 is 0 Å². The van der Waals surface area contributed by atoms with Crippen LogP contribution in [0.1, 0.15) is 12.6 Å². The molecule has 4 nitrogen and oxygen atoms in total. The molecule has 3 rings (SSSR count). The summed E-state index contributed by atoms with van der Waals surface area (Å²) in [6, 6.07) is 12.9. The van der Waals surface area contributed by atoms with Crippen LogP contribution in [0.4, 0.5) is 0 Å². The molecule has 0 aliphatic carbocycles. The van der Waals surface area contributed by atoms with Gasteiger partial charge in [0.2, 0.25) is 0 Å². The van der Waals surface area contributed by atoms with E-state index in [0.717, 1.165) is 37.6 Å². The Balaban J connectivity index is 1.71. The van der Waals surface area contributed by atoms with Gasteiger partial charge in [-0.15, -0.1) is 0 Å². The molecule has 0 saturated carbocycles. The molecule has 1 fully saturated rings. The highest BCUT2D eigenvalue weighted by molar-refractivity contribution is 5.30. The minimum atomic E-state index is 0.579. The monoisotopic (exact) mass is 256 g/mol. The Morgan fingerprint density at radius 1 is 1.26 bits per heavy atom. The highest BCUT2D eigenvalue weighted by Crippen LogP contribution is 2.11. The van der Waals surface area contributed by atoms with Crippen molar-refractivity contribution in [1.29, 1.82) is 0 Å². The molecule has 1 aromatic heterocycles. The average Bonchev–Trinajstić information content (AvgIpc) is 2.91. The summed E-state index contributed by atoms with van der Waals surface area (Å²) in [5.74, 6) is 0. The van der Waals surface area contributed by atoms with Gasteiger partial charge < -0.3 is 5.32 Å². The number of nitrogens with one attached hydrogen (secondary N) is 1. The van der Waals surface area contributed by atoms with E-state index >= 15 is 0 Å². The highest BCUT2D eigenvalue weighted by atomic mass is 15.3. The van der Waals surface area contributed by atoms with Gasteiger partial charge in [0.1, 0.15) is 0 Å². The third-order valence-corrected chi connectivity index (χ3v) is 3.67. The van der Waals surface area contributed by atoms with Gasteiger partial charge in [0.15, 0.2) is 0 Å². The number of para-hydroxylation sites is 1. The van der Waals surface area contributed by atoms with E-state index in [1.165, 1.54) is 0 Å². The van der Waals surface area contributed by atoms with Gasteiger partial charge in [0, 0.05) is 38.4 Å². The van der Waals surface area contributed by atoms with Crippen molar-refractivity contribution in [3.05, 3.63) is 48.3 Å². The molecule has 0 unspecified atom stereocenters. The summed E-state index contributed by atoms with van der Waals surface area (Å²) in [5.41, 5.74) is 2.25. The lowest BCUT2D eigenvalue weighted by atomic mass is 10.2. The number of hydrogen-bond acceptors (Lipinski definition) is 3. The fraction of sp³-hybridized carbons (Fsp3) is 0.400. The molecule has 1 aliphatic rings. The summed E-state index contributed by atoms with van der Waals surface area (Å²) < 4.78 is 1.95. The van der Waals surface area contributed by atoms with Crippen molar-refractivity contribution in [2.75, 3.05) is 19.6 Å². The van der Waals surface area contributed by atoms with Crippen LogP contribution < -0.4 is 5.32 Å². The largest absolute Gasteiger partial charge is 0.314 e. The first-order valence-electron chi connectivity index (χ1n) is 6.88. The average molecular weight is 256 g/mol. The summed E-state index contributed by atoms with van der Waals surface area (Å²) in [4.78, 5) is 2.48. The minimum Gasteiger partial charge on any atom is -0.314 e. The maximum Gasteiger partial charge on any atom is 0.0769 e. The van der Waals surface area contributed by atoms with Crippen molar-refractivity contribution in [2.45, 2.75) is 19.5 Å². The third kappa shape index (κ3) is 2.85. The normalized spacial score (nSPS) is 20.6. The molecule has 1 saturated heterocycles. The summed E-state index contributed by atoms with van der Waals surface area (Å²) in [7, 11) is 0. The highest BCUT2D eigenvalue weighted by Gasteiger charge is 2.18. The van der Waals surface area contributed by atoms with Crippen LogP contribution in [0.25, 0.3) is 5.69 Å². The molecule has 0 radical (unpaired) electrons. The van der Waals surface area contributed by atoms with Gasteiger partial charge in [-0.1, -0.05) is 18.2 Å². The summed E-state index contributed by atoms with van der Waals surface area (Å²) in [6.07, 6.45) is 2.04. The van der Waals surface area contributed by atoms with Crippen LogP contribution in [0.15, 0.2) is 42.6 Å². The zero-order valence-corrected chi connectivity index (χ0v) is 11.3. The first-order chi connectivity index (χ1) is 9.33. The first kappa shape index (κ1) is 12.4. The summed E-state index contributed by atoms with van der Waals surface area (Å²) in [6.45, 7) is 6.44. The SMILES string of the molecule is C[C@H]1CNCCN1Cc1ccn(-c2ccccc2)n1. The van der Waals surface area contributed by atoms with E-state index in [2.05, 4.69) is 40.4 Å². The lowest BCUT2D eigenvalue weighted by Gasteiger charge is -2.33. The van der Waals surface area contributed by atoms with Crippen molar-refractivity contribution in [3.8, 4) is 5.69 Å². The Bertz CT molecular complexity index is 520. The van der Waals surface area contributed by atoms with Gasteiger partial charge in [0.05, 0.1) is 11.4 Å². The molecule has 1 N–H and O–H groups in total. The maximum absolute atomic E-state index is 4.66. The molecule has 0 bridgehead atoms. The number of hydrogen-bond donors (Lipinski definition) is 1. The topological polar surface area (TPSA) is 33.1 Å². The lowest BCUT2D eigenvalue weighted by Crippen LogP contribution is -2.49. The van der Waals surface area contributed by atoms with E-state index in [9.17, 15) is 0 Å². The van der Waals surface area contributed by atoms with Gasteiger partial charge in [-0.2, -0.15) is 5.10 Å². The van der Waals surface area contributed by atoms with Gasteiger partial charge >= 0.3 is 0 Å². The number of aromatic nitrogens is 2. The standard InChI is InChI=1S/C15H20N4/c1-13-11-16-8-10-18(13)12-14-7-9-19(17-14)15-5-3-2-4-6-15/h2-7,9,13,16H,8,10-12H2,1H3/t13-/m0/s1. The molecule has 100 valence electrons. The van der Waals surface area contributed by atoms with Crippen molar-refractivity contribution < 1.29 is 0 Å². The minimum absolute atomic E-state index is 0.579. The van der Waals surface area contributed by atoms with Gasteiger partial charge in [0.25, 0.3) is 0 Å². The molecule has 2 heterocycles. The Hall–Kier alpha value is -1.65. The van der Waals surface area contributed by atoms with Crippen LogP contribution in [0.3, 0.4) is 0 Å². The van der Waals surface area contributed by atoms with Crippen molar-refractivity contribution in [2.24, 2.45) is 0 Å². The van der Waals surface area contributed by atoms with Crippen LogP contribution in [0.5, 0.6) is 0 Å². The van der Waals surface area contributed by atoms with E-state index in [1.807, 2.05) is 29.1 Å². The maximum atomic E-state index is 4.66. The van der Waals surface area contributed by atoms with Crippen LogP contribution in [0, 0.1) is 0 Å². The third-order valence-electron chi connectivity index (χ3n) is 3.67. The fourth-order valence-electron chi connectivity index (χ4n) is 2.50. The smallest absolute Gasteiger partial charge is 0.0769 e. The molecule has 1 atom stereocenters. The lowest BCUT2D eigenvalue weighted by molar-refractivity contribution is 0.163. The number of benzene rings is 1. The molecule has 1 aliphatic heterocycles. The molecule has 2 aromatic rings. The number of rotatable bonds is 3. The quantitative estimate of drug-likeness (QED) is 0.907. The van der Waals surface area contributed by atoms with Crippen LogP contribution in [-0.2, 0) is 6.54 Å². The fourth-order valence-corrected chi connectivity index (χ4v) is 2.50.